The molecule has 30 heavy (non-hydrogen) atoms. The molecule has 2 aromatic rings. The van der Waals surface area contributed by atoms with Crippen molar-refractivity contribution in [1.29, 1.82) is 0 Å². The van der Waals surface area contributed by atoms with E-state index in [0.29, 0.717) is 17.3 Å². The van der Waals surface area contributed by atoms with Crippen LogP contribution in [0.4, 0.5) is 5.69 Å². The first-order valence-corrected chi connectivity index (χ1v) is 10.6. The number of nitrogens with two attached hydrogens (primary N) is 1. The molecule has 8 heteroatoms. The molecule has 0 atom stereocenters. The molecule has 158 valence electrons. The van der Waals surface area contributed by atoms with Crippen LogP contribution in [0.15, 0.2) is 34.5 Å². The van der Waals surface area contributed by atoms with Crippen LogP contribution >= 0.6 is 0 Å². The maximum absolute atomic E-state index is 5.90. The quantitative estimate of drug-likeness (QED) is 0.430. The summed E-state index contributed by atoms with van der Waals surface area (Å²) >= 11 is 0. The average Bonchev–Trinajstić information content (AvgIpc) is 2.74. The van der Waals surface area contributed by atoms with Gasteiger partial charge in [0.25, 0.3) is 0 Å². The highest BCUT2D eigenvalue weighted by Crippen LogP contribution is 2.29. The predicted molar refractivity (Wildman–Crippen MR) is 117 cm³/mol. The number of hydrazone groups is 1. The smallest absolute Gasteiger partial charge is 0.234 e. The molecule has 1 saturated carbocycles. The van der Waals surface area contributed by atoms with E-state index in [1.807, 2.05) is 25.1 Å². The van der Waals surface area contributed by atoms with E-state index in [1.54, 1.807) is 13.1 Å². The lowest BCUT2D eigenvalue weighted by atomic mass is 9.85. The molecule has 1 aliphatic heterocycles. The highest BCUT2D eigenvalue weighted by Gasteiger charge is 2.24. The molecule has 0 bridgehead atoms. The molecule has 0 radical (unpaired) electrons. The van der Waals surface area contributed by atoms with Crippen molar-refractivity contribution in [3.63, 3.8) is 0 Å². The first-order chi connectivity index (χ1) is 14.6. The Hall–Kier alpha value is -2.87. The summed E-state index contributed by atoms with van der Waals surface area (Å²) in [5.74, 6) is 6.85. The molecule has 0 spiro atoms. The fourth-order valence-electron chi connectivity index (χ4n) is 3.74. The molecule has 2 aliphatic rings. The summed E-state index contributed by atoms with van der Waals surface area (Å²) in [6, 6.07) is 5.82. The number of hydrogen-bond donors (Lipinski definition) is 1. The third kappa shape index (κ3) is 4.99. The van der Waals surface area contributed by atoms with Crippen LogP contribution in [-0.2, 0) is 13.0 Å². The van der Waals surface area contributed by atoms with E-state index in [0.717, 1.165) is 42.5 Å². The minimum atomic E-state index is 0.210. The van der Waals surface area contributed by atoms with Crippen molar-refractivity contribution in [3.8, 4) is 5.88 Å². The van der Waals surface area contributed by atoms with Gasteiger partial charge in [0.05, 0.1) is 23.3 Å². The number of hydrogen-bond acceptors (Lipinski definition) is 8. The summed E-state index contributed by atoms with van der Waals surface area (Å²) in [6.45, 7) is 7.09. The van der Waals surface area contributed by atoms with Crippen LogP contribution in [0.1, 0.15) is 43.1 Å². The van der Waals surface area contributed by atoms with Gasteiger partial charge in [-0.2, -0.15) is 10.2 Å². The topological polar surface area (TPSA) is 102 Å². The van der Waals surface area contributed by atoms with Crippen molar-refractivity contribution in [2.45, 2.75) is 46.1 Å². The molecule has 0 saturated heterocycles. The van der Waals surface area contributed by atoms with Gasteiger partial charge in [-0.1, -0.05) is 6.42 Å². The Balaban J connectivity index is 1.41. The van der Waals surface area contributed by atoms with Gasteiger partial charge in [0.2, 0.25) is 5.88 Å². The molecule has 2 N–H and O–H groups in total. The van der Waals surface area contributed by atoms with Crippen LogP contribution in [-0.4, -0.2) is 51.2 Å². The first-order valence-electron chi connectivity index (χ1n) is 10.6. The number of ether oxygens (including phenoxy) is 1. The monoisotopic (exact) mass is 407 g/mol. The van der Waals surface area contributed by atoms with E-state index < -0.39 is 0 Å². The van der Waals surface area contributed by atoms with Crippen LogP contribution in [0.25, 0.3) is 0 Å². The molecule has 0 aromatic carbocycles. The van der Waals surface area contributed by atoms with Crippen molar-refractivity contribution in [2.24, 2.45) is 21.9 Å². The molecule has 4 rings (SSSR count). The van der Waals surface area contributed by atoms with Crippen molar-refractivity contribution < 1.29 is 4.74 Å². The van der Waals surface area contributed by atoms with Crippen LogP contribution in [0.2, 0.25) is 0 Å². The molecule has 0 unspecified atom stereocenters. The predicted octanol–water partition coefficient (Wildman–Crippen LogP) is 2.82. The molecule has 0 amide bonds. The summed E-state index contributed by atoms with van der Waals surface area (Å²) < 4.78 is 5.90. The number of aryl methyl sites for hydroxylation is 1. The van der Waals surface area contributed by atoms with Crippen molar-refractivity contribution in [3.05, 3.63) is 41.3 Å². The van der Waals surface area contributed by atoms with E-state index in [9.17, 15) is 0 Å². The Morgan fingerprint density at radius 3 is 2.87 bits per heavy atom. The fraction of sp³-hybridized carbons (Fsp3) is 0.500. The Bertz CT molecular complexity index is 935. The van der Waals surface area contributed by atoms with Gasteiger partial charge >= 0.3 is 0 Å². The molecule has 3 heterocycles. The lowest BCUT2D eigenvalue weighted by Crippen LogP contribution is -2.37. The highest BCUT2D eigenvalue weighted by molar-refractivity contribution is 6.42. The van der Waals surface area contributed by atoms with E-state index in [1.165, 1.54) is 31.4 Å². The number of nitrogens with zero attached hydrogens (tertiary/aromatic N) is 6. The van der Waals surface area contributed by atoms with Gasteiger partial charge in [-0.3, -0.25) is 9.88 Å². The fourth-order valence-corrected chi connectivity index (χ4v) is 3.74. The average molecular weight is 408 g/mol. The lowest BCUT2D eigenvalue weighted by molar-refractivity contribution is 0.163. The third-order valence-electron chi connectivity index (χ3n) is 5.88. The van der Waals surface area contributed by atoms with Crippen molar-refractivity contribution in [2.75, 3.05) is 19.7 Å². The van der Waals surface area contributed by atoms with Crippen molar-refractivity contribution >= 4 is 17.1 Å². The SMILES string of the molecule is C/C(=N/N)C(COc1cc2c(nn1)CN(CC1CCC1)CC2)=Nc1ccc(C)nc1. The van der Waals surface area contributed by atoms with Crippen LogP contribution in [0.3, 0.4) is 0 Å². The van der Waals surface area contributed by atoms with Crippen LogP contribution in [0.5, 0.6) is 5.88 Å². The summed E-state index contributed by atoms with van der Waals surface area (Å²) in [4.78, 5) is 11.4. The van der Waals surface area contributed by atoms with Gasteiger partial charge in [0.1, 0.15) is 12.3 Å². The molecule has 8 nitrogen and oxygen atoms in total. The van der Waals surface area contributed by atoms with Crippen LogP contribution < -0.4 is 10.6 Å². The zero-order valence-electron chi connectivity index (χ0n) is 17.7. The zero-order valence-corrected chi connectivity index (χ0v) is 17.7. The summed E-state index contributed by atoms with van der Waals surface area (Å²) in [5.41, 5.74) is 5.18. The molecular formula is C22H29N7O. The Morgan fingerprint density at radius 1 is 1.30 bits per heavy atom. The van der Waals surface area contributed by atoms with Gasteiger partial charge in [0.15, 0.2) is 0 Å². The maximum Gasteiger partial charge on any atom is 0.234 e. The van der Waals surface area contributed by atoms with Gasteiger partial charge in [0, 0.05) is 31.4 Å². The number of pyridine rings is 1. The Morgan fingerprint density at radius 2 is 2.17 bits per heavy atom. The zero-order chi connectivity index (χ0) is 20.9. The summed E-state index contributed by atoms with van der Waals surface area (Å²) in [5, 5.41) is 12.5. The third-order valence-corrected chi connectivity index (χ3v) is 5.88. The van der Waals surface area contributed by atoms with Gasteiger partial charge in [-0.25, -0.2) is 4.99 Å². The molecule has 2 aromatic heterocycles. The largest absolute Gasteiger partial charge is 0.470 e. The summed E-state index contributed by atoms with van der Waals surface area (Å²) in [6.07, 6.45) is 6.82. The van der Waals surface area contributed by atoms with E-state index in [4.69, 9.17) is 10.6 Å². The van der Waals surface area contributed by atoms with Crippen molar-refractivity contribution in [1.82, 2.24) is 20.1 Å². The second kappa shape index (κ2) is 9.30. The molecule has 1 fully saturated rings. The first kappa shape index (κ1) is 20.4. The minimum Gasteiger partial charge on any atom is -0.470 e. The second-order valence-corrected chi connectivity index (χ2v) is 8.16. The van der Waals surface area contributed by atoms with Crippen LogP contribution in [0, 0.1) is 12.8 Å². The highest BCUT2D eigenvalue weighted by atomic mass is 16.5. The Kier molecular flexibility index (Phi) is 6.32. The number of aliphatic imine (C=N–C) groups is 1. The number of aromatic nitrogens is 3. The van der Waals surface area contributed by atoms with Gasteiger partial charge < -0.3 is 10.6 Å². The van der Waals surface area contributed by atoms with Gasteiger partial charge in [-0.05, 0) is 56.7 Å². The standard InChI is InChI=1S/C22H29N7O/c1-15-6-7-19(11-24-15)25-21(16(2)26-23)14-30-22-10-18-8-9-29(12-17-4-3-5-17)13-20(18)27-28-22/h6-7,10-11,17H,3-5,8-9,12-14,23H2,1-2H3/b25-21?,26-16-. The summed E-state index contributed by atoms with van der Waals surface area (Å²) in [7, 11) is 0. The maximum atomic E-state index is 5.90. The van der Waals surface area contributed by atoms with E-state index in [-0.39, 0.29) is 6.61 Å². The van der Waals surface area contributed by atoms with E-state index >= 15 is 0 Å². The number of fused-ring (bicyclic) bond motifs is 1. The number of rotatable bonds is 7. The minimum absolute atomic E-state index is 0.210. The van der Waals surface area contributed by atoms with Gasteiger partial charge in [-0.15, -0.1) is 5.10 Å². The second-order valence-electron chi connectivity index (χ2n) is 8.16. The van der Waals surface area contributed by atoms with E-state index in [2.05, 4.69) is 30.2 Å². The normalized spacial score (nSPS) is 18.1. The molecule has 1 aliphatic carbocycles. The lowest BCUT2D eigenvalue weighted by Gasteiger charge is -2.34. The Labute approximate surface area is 177 Å². The molecular weight excluding hydrogens is 378 g/mol.